The number of hydrogen-bond donors (Lipinski definition) is 2. The number of anilines is 1. The SMILES string of the molecule is C[C@@H]([NH2+][C@@H](c1ccccc1)c1ccco1)C(=O)Nc1cc(Cl)ccc1Cl. The van der Waals surface area contributed by atoms with Crippen LogP contribution in [0.1, 0.15) is 24.3 Å². The van der Waals surface area contributed by atoms with Gasteiger partial charge in [0.2, 0.25) is 0 Å². The first-order valence-corrected chi connectivity index (χ1v) is 8.99. The minimum Gasteiger partial charge on any atom is -0.463 e. The molecule has 2 aromatic carbocycles. The number of amides is 1. The quantitative estimate of drug-likeness (QED) is 0.661. The Morgan fingerprint density at radius 1 is 1.08 bits per heavy atom. The summed E-state index contributed by atoms with van der Waals surface area (Å²) in [4.78, 5) is 12.6. The minimum atomic E-state index is -0.375. The van der Waals surface area contributed by atoms with Crippen LogP contribution >= 0.6 is 23.2 Å². The van der Waals surface area contributed by atoms with Gasteiger partial charge in [0.25, 0.3) is 5.91 Å². The summed E-state index contributed by atoms with van der Waals surface area (Å²) in [7, 11) is 0. The lowest BCUT2D eigenvalue weighted by molar-refractivity contribution is -0.706. The van der Waals surface area contributed by atoms with Crippen molar-refractivity contribution in [3.05, 3.63) is 88.3 Å². The highest BCUT2D eigenvalue weighted by molar-refractivity contribution is 6.35. The van der Waals surface area contributed by atoms with Crippen molar-refractivity contribution >= 4 is 34.8 Å². The van der Waals surface area contributed by atoms with Gasteiger partial charge < -0.3 is 15.1 Å². The molecule has 3 aromatic rings. The van der Waals surface area contributed by atoms with Crippen LogP contribution in [0.2, 0.25) is 10.0 Å². The highest BCUT2D eigenvalue weighted by Gasteiger charge is 2.27. The van der Waals surface area contributed by atoms with Gasteiger partial charge in [0, 0.05) is 10.6 Å². The molecule has 4 nitrogen and oxygen atoms in total. The van der Waals surface area contributed by atoms with Crippen molar-refractivity contribution in [3.63, 3.8) is 0 Å². The van der Waals surface area contributed by atoms with Crippen LogP contribution in [0.5, 0.6) is 0 Å². The van der Waals surface area contributed by atoms with Crippen LogP contribution < -0.4 is 10.6 Å². The average Bonchev–Trinajstić information content (AvgIpc) is 3.17. The third-order valence-electron chi connectivity index (χ3n) is 4.09. The van der Waals surface area contributed by atoms with Crippen molar-refractivity contribution in [2.75, 3.05) is 5.32 Å². The van der Waals surface area contributed by atoms with Gasteiger partial charge in [-0.1, -0.05) is 53.5 Å². The molecule has 0 radical (unpaired) electrons. The van der Waals surface area contributed by atoms with E-state index in [0.29, 0.717) is 15.7 Å². The molecule has 0 bridgehead atoms. The topological polar surface area (TPSA) is 58.9 Å². The Morgan fingerprint density at radius 2 is 1.85 bits per heavy atom. The van der Waals surface area contributed by atoms with E-state index in [1.54, 1.807) is 24.5 Å². The number of furan rings is 1. The predicted octanol–water partition coefficient (Wildman–Crippen LogP) is 4.27. The molecule has 26 heavy (non-hydrogen) atoms. The van der Waals surface area contributed by atoms with Crippen molar-refractivity contribution < 1.29 is 14.5 Å². The lowest BCUT2D eigenvalue weighted by Gasteiger charge is -2.19. The minimum absolute atomic E-state index is 0.123. The first-order valence-electron chi connectivity index (χ1n) is 8.24. The van der Waals surface area contributed by atoms with E-state index in [-0.39, 0.29) is 18.0 Å². The number of carbonyl (C=O) groups excluding carboxylic acids is 1. The summed E-state index contributed by atoms with van der Waals surface area (Å²) in [6.45, 7) is 1.84. The van der Waals surface area contributed by atoms with Crippen LogP contribution in [-0.2, 0) is 4.79 Å². The fourth-order valence-corrected chi connectivity index (χ4v) is 3.05. The Bertz CT molecular complexity index is 867. The number of quaternary nitrogens is 1. The molecule has 1 amide bonds. The smallest absolute Gasteiger partial charge is 0.282 e. The van der Waals surface area contributed by atoms with Gasteiger partial charge in [-0.2, -0.15) is 0 Å². The zero-order valence-corrected chi connectivity index (χ0v) is 15.7. The number of rotatable bonds is 6. The molecule has 0 fully saturated rings. The number of halogens is 2. The van der Waals surface area contributed by atoms with Gasteiger partial charge in [-0.15, -0.1) is 0 Å². The van der Waals surface area contributed by atoms with E-state index < -0.39 is 0 Å². The van der Waals surface area contributed by atoms with Crippen LogP contribution in [0.25, 0.3) is 0 Å². The second-order valence-corrected chi connectivity index (χ2v) is 6.84. The lowest BCUT2D eigenvalue weighted by Crippen LogP contribution is -2.92. The third-order valence-corrected chi connectivity index (χ3v) is 4.65. The van der Waals surface area contributed by atoms with Crippen molar-refractivity contribution in [2.24, 2.45) is 0 Å². The Labute approximate surface area is 162 Å². The normalized spacial score (nSPS) is 13.2. The Balaban J connectivity index is 1.76. The summed E-state index contributed by atoms with van der Waals surface area (Å²) < 4.78 is 5.58. The average molecular weight is 390 g/mol. The molecule has 6 heteroatoms. The third kappa shape index (κ3) is 4.47. The van der Waals surface area contributed by atoms with E-state index in [1.807, 2.05) is 54.7 Å². The largest absolute Gasteiger partial charge is 0.463 e. The molecule has 0 saturated heterocycles. The predicted molar refractivity (Wildman–Crippen MR) is 103 cm³/mol. The first-order chi connectivity index (χ1) is 12.5. The second-order valence-electron chi connectivity index (χ2n) is 6.00. The molecule has 0 saturated carbocycles. The van der Waals surface area contributed by atoms with Gasteiger partial charge in [-0.05, 0) is 37.3 Å². The van der Waals surface area contributed by atoms with E-state index in [0.717, 1.165) is 11.3 Å². The van der Waals surface area contributed by atoms with E-state index in [9.17, 15) is 4.79 Å². The number of hydrogen-bond acceptors (Lipinski definition) is 2. The van der Waals surface area contributed by atoms with E-state index in [2.05, 4.69) is 5.32 Å². The van der Waals surface area contributed by atoms with Crippen LogP contribution in [0.15, 0.2) is 71.3 Å². The standard InChI is InChI=1S/C20H18Cl2N2O2/c1-13(20(25)24-17-12-15(21)9-10-16(17)22)23-19(18-8-5-11-26-18)14-6-3-2-4-7-14/h2-13,19,23H,1H3,(H,24,25)/p+1/t13-,19+/m1/s1. The molecule has 0 aliphatic heterocycles. The molecule has 0 spiro atoms. The van der Waals surface area contributed by atoms with Crippen LogP contribution in [0.4, 0.5) is 5.69 Å². The van der Waals surface area contributed by atoms with Gasteiger partial charge in [-0.3, -0.25) is 4.79 Å². The number of carbonyl (C=O) groups is 1. The van der Waals surface area contributed by atoms with Crippen molar-refractivity contribution in [1.82, 2.24) is 0 Å². The van der Waals surface area contributed by atoms with E-state index >= 15 is 0 Å². The van der Waals surface area contributed by atoms with Gasteiger partial charge in [-0.25, -0.2) is 0 Å². The molecule has 0 aliphatic carbocycles. The molecule has 134 valence electrons. The highest BCUT2D eigenvalue weighted by Crippen LogP contribution is 2.25. The maximum Gasteiger partial charge on any atom is 0.282 e. The summed E-state index contributed by atoms with van der Waals surface area (Å²) in [5.74, 6) is 0.623. The molecular formula is C20H19Cl2N2O2+. The fraction of sp³-hybridized carbons (Fsp3) is 0.150. The second kappa shape index (κ2) is 8.41. The van der Waals surface area contributed by atoms with Crippen molar-refractivity contribution in [3.8, 4) is 0 Å². The molecule has 0 aliphatic rings. The van der Waals surface area contributed by atoms with Crippen LogP contribution in [-0.4, -0.2) is 11.9 Å². The van der Waals surface area contributed by atoms with Gasteiger partial charge in [0.15, 0.2) is 17.8 Å². The number of benzene rings is 2. The first kappa shape index (κ1) is 18.5. The molecule has 2 atom stereocenters. The zero-order valence-electron chi connectivity index (χ0n) is 14.2. The number of nitrogens with one attached hydrogen (secondary N) is 1. The molecule has 0 unspecified atom stereocenters. The summed E-state index contributed by atoms with van der Waals surface area (Å²) in [5, 5.41) is 5.75. The maximum atomic E-state index is 12.6. The summed E-state index contributed by atoms with van der Waals surface area (Å²) >= 11 is 12.1. The lowest BCUT2D eigenvalue weighted by atomic mass is 10.0. The van der Waals surface area contributed by atoms with Gasteiger partial charge in [0.1, 0.15) is 0 Å². The molecule has 1 aromatic heterocycles. The Kier molecular flexibility index (Phi) is 5.99. The fourth-order valence-electron chi connectivity index (χ4n) is 2.71. The van der Waals surface area contributed by atoms with Gasteiger partial charge in [0.05, 0.1) is 17.0 Å². The molecule has 3 rings (SSSR count). The monoisotopic (exact) mass is 389 g/mol. The summed E-state index contributed by atoms with van der Waals surface area (Å²) in [6.07, 6.45) is 1.63. The van der Waals surface area contributed by atoms with E-state index in [1.165, 1.54) is 0 Å². The highest BCUT2D eigenvalue weighted by atomic mass is 35.5. The summed E-state index contributed by atoms with van der Waals surface area (Å²) in [5.41, 5.74) is 1.56. The maximum absolute atomic E-state index is 12.6. The molecule has 1 heterocycles. The Hall–Kier alpha value is -2.27. The van der Waals surface area contributed by atoms with Crippen LogP contribution in [0, 0.1) is 0 Å². The molecule has 3 N–H and O–H groups in total. The number of nitrogens with two attached hydrogens (primary N) is 1. The van der Waals surface area contributed by atoms with Crippen molar-refractivity contribution in [1.29, 1.82) is 0 Å². The zero-order chi connectivity index (χ0) is 18.5. The molecular weight excluding hydrogens is 371 g/mol. The van der Waals surface area contributed by atoms with Crippen molar-refractivity contribution in [2.45, 2.75) is 19.0 Å². The Morgan fingerprint density at radius 3 is 2.54 bits per heavy atom. The van der Waals surface area contributed by atoms with E-state index in [4.69, 9.17) is 27.6 Å². The summed E-state index contributed by atoms with van der Waals surface area (Å²) in [6, 6.07) is 18.1. The van der Waals surface area contributed by atoms with Gasteiger partial charge >= 0.3 is 0 Å². The van der Waals surface area contributed by atoms with Crippen LogP contribution in [0.3, 0.4) is 0 Å².